The molecule has 180 valence electrons. The van der Waals surface area contributed by atoms with Crippen molar-refractivity contribution in [3.8, 4) is 5.75 Å². The highest BCUT2D eigenvalue weighted by molar-refractivity contribution is 5.76. The van der Waals surface area contributed by atoms with Crippen LogP contribution in [-0.4, -0.2) is 88.5 Å². The van der Waals surface area contributed by atoms with Crippen molar-refractivity contribution in [2.45, 2.75) is 32.4 Å². The summed E-state index contributed by atoms with van der Waals surface area (Å²) in [6.07, 6.45) is 2.36. The van der Waals surface area contributed by atoms with Crippen molar-refractivity contribution in [2.75, 3.05) is 66.7 Å². The molecule has 0 saturated carbocycles. The molecule has 2 aliphatic heterocycles. The number of carbonyl (C=O) groups excluding carboxylic acids is 1. The first-order valence-corrected chi connectivity index (χ1v) is 11.8. The highest BCUT2D eigenvalue weighted by atomic mass is 16.5. The number of piperidine rings is 1. The zero-order valence-corrected chi connectivity index (χ0v) is 19.8. The SMILES string of the molecule is CCOC(=O)C1NNCC1CN(CCOC)CC1CCN(Cc2ccccc2OC)CC1. The fourth-order valence-corrected chi connectivity index (χ4v) is 4.76. The molecule has 32 heavy (non-hydrogen) atoms. The van der Waals surface area contributed by atoms with Gasteiger partial charge in [-0.2, -0.15) is 0 Å². The zero-order chi connectivity index (χ0) is 22.8. The van der Waals surface area contributed by atoms with Gasteiger partial charge in [-0.15, -0.1) is 0 Å². The second-order valence-corrected chi connectivity index (χ2v) is 8.80. The Morgan fingerprint density at radius 2 is 1.97 bits per heavy atom. The largest absolute Gasteiger partial charge is 0.496 e. The summed E-state index contributed by atoms with van der Waals surface area (Å²) >= 11 is 0. The predicted molar refractivity (Wildman–Crippen MR) is 124 cm³/mol. The van der Waals surface area contributed by atoms with Gasteiger partial charge in [0.05, 0.1) is 20.3 Å². The Morgan fingerprint density at radius 3 is 2.69 bits per heavy atom. The Hall–Kier alpha value is -1.71. The molecule has 1 aromatic carbocycles. The molecular formula is C24H40N4O4. The minimum absolute atomic E-state index is 0.168. The number of likely N-dealkylation sites (tertiary alicyclic amines) is 1. The Kier molecular flexibility index (Phi) is 10.2. The fourth-order valence-electron chi connectivity index (χ4n) is 4.76. The molecule has 0 amide bonds. The molecule has 0 radical (unpaired) electrons. The molecule has 0 aliphatic carbocycles. The number of hydrogen-bond donors (Lipinski definition) is 2. The van der Waals surface area contributed by atoms with Gasteiger partial charge in [-0.05, 0) is 44.8 Å². The van der Waals surface area contributed by atoms with Gasteiger partial charge < -0.3 is 19.1 Å². The lowest BCUT2D eigenvalue weighted by molar-refractivity contribution is -0.146. The van der Waals surface area contributed by atoms with Crippen molar-refractivity contribution in [3.63, 3.8) is 0 Å². The van der Waals surface area contributed by atoms with Crippen LogP contribution >= 0.6 is 0 Å². The highest BCUT2D eigenvalue weighted by Gasteiger charge is 2.35. The van der Waals surface area contributed by atoms with Gasteiger partial charge in [-0.3, -0.25) is 15.1 Å². The van der Waals surface area contributed by atoms with E-state index in [0.29, 0.717) is 19.1 Å². The van der Waals surface area contributed by atoms with Gasteiger partial charge in [0, 0.05) is 51.3 Å². The minimum Gasteiger partial charge on any atom is -0.496 e. The maximum Gasteiger partial charge on any atom is 0.324 e. The van der Waals surface area contributed by atoms with E-state index in [-0.39, 0.29) is 17.9 Å². The third-order valence-electron chi connectivity index (χ3n) is 6.55. The van der Waals surface area contributed by atoms with E-state index in [1.807, 2.05) is 19.1 Å². The summed E-state index contributed by atoms with van der Waals surface area (Å²) in [5, 5.41) is 0. The summed E-state index contributed by atoms with van der Waals surface area (Å²) in [6, 6.07) is 8.00. The van der Waals surface area contributed by atoms with Crippen LogP contribution in [0.5, 0.6) is 5.75 Å². The van der Waals surface area contributed by atoms with Crippen LogP contribution in [0, 0.1) is 11.8 Å². The molecular weight excluding hydrogens is 408 g/mol. The second-order valence-electron chi connectivity index (χ2n) is 8.80. The number of esters is 1. The van der Waals surface area contributed by atoms with E-state index in [9.17, 15) is 4.79 Å². The van der Waals surface area contributed by atoms with Crippen molar-refractivity contribution in [1.82, 2.24) is 20.7 Å². The summed E-state index contributed by atoms with van der Waals surface area (Å²) < 4.78 is 16.1. The zero-order valence-electron chi connectivity index (χ0n) is 19.8. The van der Waals surface area contributed by atoms with Crippen LogP contribution in [0.2, 0.25) is 0 Å². The molecule has 2 N–H and O–H groups in total. The van der Waals surface area contributed by atoms with Gasteiger partial charge in [0.25, 0.3) is 0 Å². The molecule has 2 saturated heterocycles. The second kappa shape index (κ2) is 13.1. The molecule has 0 aromatic heterocycles. The summed E-state index contributed by atoms with van der Waals surface area (Å²) in [7, 11) is 3.48. The van der Waals surface area contributed by atoms with Gasteiger partial charge in [0.15, 0.2) is 0 Å². The normalized spacial score (nSPS) is 22.4. The number of benzene rings is 1. The van der Waals surface area contributed by atoms with E-state index in [1.54, 1.807) is 14.2 Å². The smallest absolute Gasteiger partial charge is 0.324 e. The summed E-state index contributed by atoms with van der Waals surface area (Å²) in [4.78, 5) is 17.3. The van der Waals surface area contributed by atoms with E-state index in [0.717, 1.165) is 51.6 Å². The van der Waals surface area contributed by atoms with Crippen LogP contribution in [0.15, 0.2) is 24.3 Å². The van der Waals surface area contributed by atoms with Gasteiger partial charge >= 0.3 is 5.97 Å². The first-order chi connectivity index (χ1) is 15.6. The first-order valence-electron chi connectivity index (χ1n) is 11.8. The van der Waals surface area contributed by atoms with Crippen molar-refractivity contribution in [2.24, 2.45) is 11.8 Å². The van der Waals surface area contributed by atoms with Crippen molar-refractivity contribution >= 4 is 5.97 Å². The number of ether oxygens (including phenoxy) is 3. The van der Waals surface area contributed by atoms with Gasteiger partial charge in [0.1, 0.15) is 11.8 Å². The van der Waals surface area contributed by atoms with Crippen LogP contribution in [0.4, 0.5) is 0 Å². The van der Waals surface area contributed by atoms with Crippen LogP contribution in [-0.2, 0) is 20.8 Å². The average molecular weight is 449 g/mol. The molecule has 0 spiro atoms. The van der Waals surface area contributed by atoms with Crippen LogP contribution in [0.1, 0.15) is 25.3 Å². The lowest BCUT2D eigenvalue weighted by atomic mass is 9.94. The van der Waals surface area contributed by atoms with E-state index < -0.39 is 0 Å². The quantitative estimate of drug-likeness (QED) is 0.466. The third-order valence-corrected chi connectivity index (χ3v) is 6.55. The number of nitrogens with zero attached hydrogens (tertiary/aromatic N) is 2. The Labute approximate surface area is 192 Å². The van der Waals surface area contributed by atoms with Crippen molar-refractivity contribution in [1.29, 1.82) is 0 Å². The molecule has 8 nitrogen and oxygen atoms in total. The number of methoxy groups -OCH3 is 2. The Bertz CT molecular complexity index is 696. The van der Waals surface area contributed by atoms with E-state index in [1.165, 1.54) is 18.4 Å². The number of rotatable bonds is 12. The average Bonchev–Trinajstić information content (AvgIpc) is 3.27. The molecule has 2 heterocycles. The Morgan fingerprint density at radius 1 is 1.19 bits per heavy atom. The topological polar surface area (TPSA) is 75.3 Å². The van der Waals surface area contributed by atoms with Crippen LogP contribution in [0.25, 0.3) is 0 Å². The van der Waals surface area contributed by atoms with Gasteiger partial charge in [-0.1, -0.05) is 18.2 Å². The summed E-state index contributed by atoms with van der Waals surface area (Å²) in [6.45, 7) is 9.62. The number of nitrogens with one attached hydrogen (secondary N) is 2. The molecule has 3 rings (SSSR count). The first kappa shape index (κ1) is 24.9. The minimum atomic E-state index is -0.289. The molecule has 2 atom stereocenters. The summed E-state index contributed by atoms with van der Waals surface area (Å²) in [5.41, 5.74) is 7.49. The van der Waals surface area contributed by atoms with Crippen molar-refractivity contribution < 1.29 is 19.0 Å². The van der Waals surface area contributed by atoms with E-state index in [4.69, 9.17) is 14.2 Å². The Balaban J connectivity index is 1.50. The fraction of sp³-hybridized carbons (Fsp3) is 0.708. The number of para-hydroxylation sites is 1. The molecule has 1 aromatic rings. The third kappa shape index (κ3) is 7.15. The monoisotopic (exact) mass is 448 g/mol. The predicted octanol–water partition coefficient (Wildman–Crippen LogP) is 1.51. The van der Waals surface area contributed by atoms with Gasteiger partial charge in [-0.25, -0.2) is 5.43 Å². The molecule has 0 bridgehead atoms. The molecule has 2 aliphatic rings. The van der Waals surface area contributed by atoms with Crippen LogP contribution in [0.3, 0.4) is 0 Å². The van der Waals surface area contributed by atoms with Gasteiger partial charge in [0.2, 0.25) is 0 Å². The van der Waals surface area contributed by atoms with E-state index >= 15 is 0 Å². The molecule has 2 unspecified atom stereocenters. The number of carbonyl (C=O) groups is 1. The van der Waals surface area contributed by atoms with Crippen molar-refractivity contribution in [3.05, 3.63) is 29.8 Å². The highest BCUT2D eigenvalue weighted by Crippen LogP contribution is 2.24. The maximum absolute atomic E-state index is 12.3. The molecule has 2 fully saturated rings. The lowest BCUT2D eigenvalue weighted by Gasteiger charge is -2.36. The summed E-state index contributed by atoms with van der Waals surface area (Å²) in [5.74, 6) is 1.65. The maximum atomic E-state index is 12.3. The lowest BCUT2D eigenvalue weighted by Crippen LogP contribution is -2.46. The molecule has 8 heteroatoms. The standard InChI is InChI=1S/C24H40N4O4/c1-4-32-24(29)23-21(15-25-26-23)18-28(13-14-30-2)16-19-9-11-27(12-10-19)17-20-7-5-6-8-22(20)31-3/h5-8,19,21,23,25-26H,4,9-18H2,1-3H3. The van der Waals surface area contributed by atoms with Crippen LogP contribution < -0.4 is 15.6 Å². The number of hydrogen-bond acceptors (Lipinski definition) is 8. The number of hydrazine groups is 1. The van der Waals surface area contributed by atoms with E-state index in [2.05, 4.69) is 32.8 Å².